The standard InChI is InChI=1S/C13H15BrN4O4S2/c1-8(19)15-6-10-3-4-12(23-10)24(21,22)17-16-13(20)11-5-9(14)7-18(11)2/h3-5,7,17H,6H2,1-2H3,(H,15,19)(H,16,20). The Labute approximate surface area is 151 Å². The first-order valence-electron chi connectivity index (χ1n) is 6.66. The fourth-order valence-corrected chi connectivity index (χ4v) is 4.45. The fourth-order valence-electron chi connectivity index (χ4n) is 1.79. The van der Waals surface area contributed by atoms with Crippen LogP contribution in [0.2, 0.25) is 0 Å². The van der Waals surface area contributed by atoms with Gasteiger partial charge in [0.25, 0.3) is 15.9 Å². The van der Waals surface area contributed by atoms with E-state index >= 15 is 0 Å². The van der Waals surface area contributed by atoms with Crippen molar-refractivity contribution in [3.8, 4) is 0 Å². The number of sulfonamides is 1. The highest BCUT2D eigenvalue weighted by atomic mass is 79.9. The summed E-state index contributed by atoms with van der Waals surface area (Å²) in [6.45, 7) is 1.63. The third kappa shape index (κ3) is 4.66. The summed E-state index contributed by atoms with van der Waals surface area (Å²) in [5.41, 5.74) is 2.46. The molecule has 130 valence electrons. The van der Waals surface area contributed by atoms with Gasteiger partial charge in [-0.05, 0) is 34.1 Å². The molecule has 2 aromatic heterocycles. The van der Waals surface area contributed by atoms with Crippen molar-refractivity contribution in [3.63, 3.8) is 0 Å². The largest absolute Gasteiger partial charge is 0.351 e. The maximum atomic E-state index is 12.2. The van der Waals surface area contributed by atoms with Crippen LogP contribution in [0.25, 0.3) is 0 Å². The van der Waals surface area contributed by atoms with Crippen molar-refractivity contribution in [2.24, 2.45) is 7.05 Å². The lowest BCUT2D eigenvalue weighted by Gasteiger charge is -2.07. The highest BCUT2D eigenvalue weighted by molar-refractivity contribution is 9.10. The van der Waals surface area contributed by atoms with Crippen LogP contribution in [-0.4, -0.2) is 24.8 Å². The minimum absolute atomic E-state index is 0.0382. The van der Waals surface area contributed by atoms with Crippen molar-refractivity contribution in [2.75, 3.05) is 0 Å². The first-order valence-corrected chi connectivity index (χ1v) is 9.75. The van der Waals surface area contributed by atoms with Crippen molar-refractivity contribution in [2.45, 2.75) is 17.7 Å². The van der Waals surface area contributed by atoms with Crippen molar-refractivity contribution < 1.29 is 18.0 Å². The third-order valence-corrected chi connectivity index (χ3v) is 6.17. The number of carbonyl (C=O) groups is 2. The number of carbonyl (C=O) groups excluding carboxylic acids is 2. The van der Waals surface area contributed by atoms with Crippen LogP contribution in [0.3, 0.4) is 0 Å². The van der Waals surface area contributed by atoms with Gasteiger partial charge in [0.15, 0.2) is 0 Å². The molecule has 3 N–H and O–H groups in total. The number of aromatic nitrogens is 1. The number of nitrogens with one attached hydrogen (secondary N) is 3. The van der Waals surface area contributed by atoms with Gasteiger partial charge in [-0.3, -0.25) is 15.0 Å². The highest BCUT2D eigenvalue weighted by Crippen LogP contribution is 2.21. The van der Waals surface area contributed by atoms with Crippen molar-refractivity contribution in [1.82, 2.24) is 20.1 Å². The van der Waals surface area contributed by atoms with E-state index in [1.165, 1.54) is 13.0 Å². The molecule has 0 aromatic carbocycles. The molecule has 0 spiro atoms. The Morgan fingerprint density at radius 3 is 2.62 bits per heavy atom. The molecule has 0 aliphatic heterocycles. The van der Waals surface area contributed by atoms with Crippen LogP contribution in [0.5, 0.6) is 0 Å². The number of aryl methyl sites for hydroxylation is 1. The molecule has 0 aliphatic rings. The van der Waals surface area contributed by atoms with Crippen LogP contribution in [-0.2, 0) is 28.4 Å². The van der Waals surface area contributed by atoms with E-state index in [4.69, 9.17) is 0 Å². The monoisotopic (exact) mass is 434 g/mol. The van der Waals surface area contributed by atoms with Crippen LogP contribution in [0.15, 0.2) is 33.1 Å². The van der Waals surface area contributed by atoms with Crippen molar-refractivity contribution in [3.05, 3.63) is 39.4 Å². The molecule has 0 saturated carbocycles. The predicted octanol–water partition coefficient (Wildman–Crippen LogP) is 1.11. The minimum atomic E-state index is -3.88. The van der Waals surface area contributed by atoms with E-state index in [9.17, 15) is 18.0 Å². The van der Waals surface area contributed by atoms with E-state index in [1.54, 1.807) is 29.9 Å². The SMILES string of the molecule is CC(=O)NCc1ccc(S(=O)(=O)NNC(=O)c2cc(Br)cn2C)s1. The molecule has 11 heteroatoms. The van der Waals surface area contributed by atoms with Gasteiger partial charge in [0.1, 0.15) is 9.90 Å². The molecular formula is C13H15BrN4O4S2. The van der Waals surface area contributed by atoms with Crippen LogP contribution in [0, 0.1) is 0 Å². The van der Waals surface area contributed by atoms with Crippen LogP contribution in [0.1, 0.15) is 22.3 Å². The molecular weight excluding hydrogens is 420 g/mol. The molecule has 0 radical (unpaired) electrons. The number of amides is 2. The molecule has 8 nitrogen and oxygen atoms in total. The Kier molecular flexibility index (Phi) is 5.80. The summed E-state index contributed by atoms with van der Waals surface area (Å²) in [6.07, 6.45) is 1.68. The number of hydrogen-bond acceptors (Lipinski definition) is 5. The molecule has 24 heavy (non-hydrogen) atoms. The Hall–Kier alpha value is -1.69. The number of hydrazine groups is 1. The number of halogens is 1. The minimum Gasteiger partial charge on any atom is -0.351 e. The first-order chi connectivity index (χ1) is 11.2. The van der Waals surface area contributed by atoms with Gasteiger partial charge in [-0.2, -0.15) is 0 Å². The summed E-state index contributed by atoms with van der Waals surface area (Å²) < 4.78 is 26.7. The Bertz CT molecular complexity index is 872. The second kappa shape index (κ2) is 7.47. The Morgan fingerprint density at radius 2 is 2.04 bits per heavy atom. The molecule has 2 amide bonds. The van der Waals surface area contributed by atoms with Crippen molar-refractivity contribution in [1.29, 1.82) is 0 Å². The molecule has 0 saturated heterocycles. The molecule has 0 bridgehead atoms. The van der Waals surface area contributed by atoms with Gasteiger partial charge in [0.05, 0.1) is 6.54 Å². The van der Waals surface area contributed by atoms with Crippen molar-refractivity contribution >= 4 is 49.1 Å². The topological polar surface area (TPSA) is 109 Å². The quantitative estimate of drug-likeness (QED) is 0.591. The van der Waals surface area contributed by atoms with E-state index in [0.29, 0.717) is 15.0 Å². The summed E-state index contributed by atoms with van der Waals surface area (Å²) in [4.78, 5) is 25.6. The molecule has 2 heterocycles. The zero-order valence-electron chi connectivity index (χ0n) is 12.8. The smallest absolute Gasteiger partial charge is 0.282 e. The molecule has 0 fully saturated rings. The number of nitrogens with zero attached hydrogens (tertiary/aromatic N) is 1. The number of thiophene rings is 1. The number of hydrogen-bond donors (Lipinski definition) is 3. The van der Waals surface area contributed by atoms with Gasteiger partial charge in [0, 0.05) is 29.5 Å². The molecule has 2 rings (SSSR count). The van der Waals surface area contributed by atoms with Crippen LogP contribution < -0.4 is 15.6 Å². The molecule has 0 aliphatic carbocycles. The third-order valence-electron chi connectivity index (χ3n) is 2.92. The second-order valence-electron chi connectivity index (χ2n) is 4.84. The van der Waals surface area contributed by atoms with E-state index in [1.807, 2.05) is 0 Å². The van der Waals surface area contributed by atoms with Gasteiger partial charge in [0.2, 0.25) is 5.91 Å². The Balaban J connectivity index is 2.02. The fraction of sp³-hybridized carbons (Fsp3) is 0.231. The summed E-state index contributed by atoms with van der Waals surface area (Å²) >= 11 is 4.25. The molecule has 0 unspecified atom stereocenters. The van der Waals surface area contributed by atoms with Gasteiger partial charge in [-0.15, -0.1) is 16.2 Å². The van der Waals surface area contributed by atoms with E-state index in [-0.39, 0.29) is 16.7 Å². The lowest BCUT2D eigenvalue weighted by Crippen LogP contribution is -2.41. The van der Waals surface area contributed by atoms with Gasteiger partial charge < -0.3 is 9.88 Å². The average Bonchev–Trinajstić information content (AvgIpc) is 3.09. The van der Waals surface area contributed by atoms with E-state index < -0.39 is 15.9 Å². The lowest BCUT2D eigenvalue weighted by molar-refractivity contribution is -0.119. The average molecular weight is 435 g/mol. The first kappa shape index (κ1) is 18.6. The summed E-state index contributed by atoms with van der Waals surface area (Å²) in [5, 5.41) is 2.59. The normalized spacial score (nSPS) is 11.3. The Morgan fingerprint density at radius 1 is 1.33 bits per heavy atom. The summed E-state index contributed by atoms with van der Waals surface area (Å²) in [5.74, 6) is -0.784. The predicted molar refractivity (Wildman–Crippen MR) is 92.7 cm³/mol. The van der Waals surface area contributed by atoms with Gasteiger partial charge >= 0.3 is 0 Å². The maximum absolute atomic E-state index is 12.2. The van der Waals surface area contributed by atoms with E-state index in [2.05, 4.69) is 31.5 Å². The zero-order chi connectivity index (χ0) is 17.9. The summed E-state index contributed by atoms with van der Waals surface area (Å²) in [6, 6.07) is 4.58. The highest BCUT2D eigenvalue weighted by Gasteiger charge is 2.19. The lowest BCUT2D eigenvalue weighted by atomic mass is 10.4. The van der Waals surface area contributed by atoms with Gasteiger partial charge in [-0.1, -0.05) is 0 Å². The number of rotatable bonds is 6. The molecule has 0 atom stereocenters. The maximum Gasteiger partial charge on any atom is 0.282 e. The zero-order valence-corrected chi connectivity index (χ0v) is 16.0. The van der Waals surface area contributed by atoms with Gasteiger partial charge in [-0.25, -0.2) is 8.42 Å². The second-order valence-corrected chi connectivity index (χ2v) is 8.84. The van der Waals surface area contributed by atoms with Crippen LogP contribution in [0.4, 0.5) is 0 Å². The summed E-state index contributed by atoms with van der Waals surface area (Å²) in [7, 11) is -2.22. The van der Waals surface area contributed by atoms with E-state index in [0.717, 1.165) is 11.3 Å². The van der Waals surface area contributed by atoms with Crippen LogP contribution >= 0.6 is 27.3 Å². The molecule has 2 aromatic rings.